The first kappa shape index (κ1) is 17.0. The molecule has 2 aromatic rings. The lowest BCUT2D eigenvalue weighted by Gasteiger charge is -2.29. The first-order valence-corrected chi connectivity index (χ1v) is 7.90. The Balaban J connectivity index is 2.33. The summed E-state index contributed by atoms with van der Waals surface area (Å²) in [5, 5.41) is 12.2. The monoisotopic (exact) mass is 344 g/mol. The maximum atomic E-state index is 13.9. The van der Waals surface area contributed by atoms with Crippen LogP contribution in [-0.2, 0) is 13.0 Å². The summed E-state index contributed by atoms with van der Waals surface area (Å²) in [6.07, 6.45) is 0.765. The number of halogens is 1. The zero-order valence-electron chi connectivity index (χ0n) is 14.2. The van der Waals surface area contributed by atoms with Crippen LogP contribution in [0.1, 0.15) is 16.7 Å². The first-order valence-electron chi connectivity index (χ1n) is 7.90. The van der Waals surface area contributed by atoms with Gasteiger partial charge in [-0.2, -0.15) is 0 Å². The van der Waals surface area contributed by atoms with Gasteiger partial charge in [0.05, 0.1) is 7.11 Å². The predicted octanol–water partition coefficient (Wildman–Crippen LogP) is 2.17. The van der Waals surface area contributed by atoms with Gasteiger partial charge in [0.2, 0.25) is 0 Å². The molecular formula is C18H21FN4O2. The number of benzene rings is 2. The molecule has 1 heterocycles. The summed E-state index contributed by atoms with van der Waals surface area (Å²) in [5.74, 6) is 0.113. The normalized spacial score (nSPS) is 15.1. The van der Waals surface area contributed by atoms with Crippen molar-refractivity contribution >= 4 is 11.5 Å². The zero-order chi connectivity index (χ0) is 18.1. The molecule has 25 heavy (non-hydrogen) atoms. The van der Waals surface area contributed by atoms with Crippen molar-refractivity contribution in [2.45, 2.75) is 13.0 Å². The number of nitrogens with two attached hydrogens (primary N) is 2. The molecule has 0 saturated carbocycles. The van der Waals surface area contributed by atoms with E-state index in [-0.39, 0.29) is 11.7 Å². The smallest absolute Gasteiger partial charge is 0.172 e. The zero-order valence-corrected chi connectivity index (χ0v) is 14.2. The second-order valence-corrected chi connectivity index (χ2v) is 6.16. The molecule has 1 aliphatic rings. The van der Waals surface area contributed by atoms with Gasteiger partial charge in [-0.05, 0) is 54.4 Å². The molecule has 0 spiro atoms. The predicted molar refractivity (Wildman–Crippen MR) is 95.3 cm³/mol. The number of methoxy groups -OCH3 is 1. The lowest BCUT2D eigenvalue weighted by atomic mass is 9.86. The van der Waals surface area contributed by atoms with E-state index in [2.05, 4.69) is 10.1 Å². The van der Waals surface area contributed by atoms with Crippen LogP contribution in [0.2, 0.25) is 0 Å². The van der Waals surface area contributed by atoms with Crippen molar-refractivity contribution in [2.24, 2.45) is 10.9 Å². The molecule has 0 saturated heterocycles. The van der Waals surface area contributed by atoms with E-state index in [0.29, 0.717) is 29.1 Å². The number of hydrogen-bond acceptors (Lipinski definition) is 5. The Morgan fingerprint density at radius 3 is 2.72 bits per heavy atom. The Morgan fingerprint density at radius 2 is 2.04 bits per heavy atom. The van der Waals surface area contributed by atoms with E-state index in [4.69, 9.17) is 21.4 Å². The number of nitrogen functional groups attached to an aromatic ring is 1. The number of rotatable bonds is 3. The van der Waals surface area contributed by atoms with Crippen LogP contribution in [0, 0.1) is 5.82 Å². The van der Waals surface area contributed by atoms with E-state index in [1.165, 1.54) is 12.1 Å². The number of oxime groups is 1. The second kappa shape index (κ2) is 6.60. The van der Waals surface area contributed by atoms with Crippen molar-refractivity contribution in [3.8, 4) is 16.9 Å². The Labute approximate surface area is 145 Å². The molecule has 0 fully saturated rings. The van der Waals surface area contributed by atoms with Crippen LogP contribution in [0.3, 0.4) is 0 Å². The highest BCUT2D eigenvalue weighted by atomic mass is 19.1. The maximum absolute atomic E-state index is 13.9. The summed E-state index contributed by atoms with van der Waals surface area (Å²) < 4.78 is 19.3. The third-order valence-electron chi connectivity index (χ3n) is 4.60. The Kier molecular flexibility index (Phi) is 4.50. The van der Waals surface area contributed by atoms with Crippen LogP contribution in [0.25, 0.3) is 11.1 Å². The molecule has 132 valence electrons. The fraction of sp³-hybridized carbons (Fsp3) is 0.278. The highest BCUT2D eigenvalue weighted by Gasteiger charge is 2.25. The van der Waals surface area contributed by atoms with Crippen molar-refractivity contribution in [3.63, 3.8) is 0 Å². The summed E-state index contributed by atoms with van der Waals surface area (Å²) in [4.78, 5) is 2.14. The molecule has 6 nitrogen and oxygen atoms in total. The Bertz CT molecular complexity index is 851. The van der Waals surface area contributed by atoms with Crippen molar-refractivity contribution in [1.29, 1.82) is 0 Å². The Hall–Kier alpha value is -2.80. The first-order chi connectivity index (χ1) is 12.0. The van der Waals surface area contributed by atoms with Gasteiger partial charge in [-0.25, -0.2) is 4.39 Å². The number of fused-ring (bicyclic) bond motifs is 1. The van der Waals surface area contributed by atoms with E-state index < -0.39 is 0 Å². The molecule has 0 bridgehead atoms. The number of anilines is 1. The number of nitrogens with zero attached hydrogens (tertiary/aromatic N) is 2. The summed E-state index contributed by atoms with van der Waals surface area (Å²) in [6.45, 7) is 1.50. The second-order valence-electron chi connectivity index (χ2n) is 6.16. The minimum Gasteiger partial charge on any atom is -0.496 e. The van der Waals surface area contributed by atoms with Gasteiger partial charge in [0.25, 0.3) is 0 Å². The summed E-state index contributed by atoms with van der Waals surface area (Å²) >= 11 is 0. The average Bonchev–Trinajstić information content (AvgIpc) is 2.61. The van der Waals surface area contributed by atoms with E-state index in [0.717, 1.165) is 29.7 Å². The van der Waals surface area contributed by atoms with E-state index in [9.17, 15) is 4.39 Å². The summed E-state index contributed by atoms with van der Waals surface area (Å²) in [7, 11) is 3.54. The molecule has 0 atom stereocenters. The SMILES string of the molecule is COc1ccc(F)cc1-c1cc(/C(N)=N\O)c(N)c2c1CCN(C)C2. The van der Waals surface area contributed by atoms with Gasteiger partial charge in [-0.15, -0.1) is 0 Å². The molecule has 7 heteroatoms. The van der Waals surface area contributed by atoms with Crippen molar-refractivity contribution in [1.82, 2.24) is 4.90 Å². The minimum atomic E-state index is -0.361. The van der Waals surface area contributed by atoms with Crippen LogP contribution >= 0.6 is 0 Å². The molecular weight excluding hydrogens is 323 g/mol. The van der Waals surface area contributed by atoms with Crippen molar-refractivity contribution in [2.75, 3.05) is 26.4 Å². The van der Waals surface area contributed by atoms with E-state index in [1.807, 2.05) is 7.05 Å². The molecule has 3 rings (SSSR count). The summed E-state index contributed by atoms with van der Waals surface area (Å²) in [5.41, 5.74) is 16.4. The topological polar surface area (TPSA) is 97.1 Å². The standard InChI is InChI=1S/C18H21FN4O2/c1-23-6-5-11-12(13-7-10(19)3-4-16(13)25-2)8-14(18(21)22-24)17(20)15(11)9-23/h3-4,7-8,24H,5-6,9,20H2,1-2H3,(H2,21,22). The van der Waals surface area contributed by atoms with Crippen LogP contribution in [0.15, 0.2) is 29.4 Å². The minimum absolute atomic E-state index is 0.0786. The number of amidine groups is 1. The lowest BCUT2D eigenvalue weighted by molar-refractivity contribution is 0.313. The average molecular weight is 344 g/mol. The number of hydrogen-bond donors (Lipinski definition) is 3. The van der Waals surface area contributed by atoms with Crippen LogP contribution in [0.5, 0.6) is 5.75 Å². The van der Waals surface area contributed by atoms with Crippen LogP contribution in [0.4, 0.5) is 10.1 Å². The molecule has 0 unspecified atom stereocenters. The van der Waals surface area contributed by atoms with Gasteiger partial charge in [-0.1, -0.05) is 5.16 Å². The fourth-order valence-electron chi connectivity index (χ4n) is 3.31. The lowest BCUT2D eigenvalue weighted by Crippen LogP contribution is -2.29. The van der Waals surface area contributed by atoms with Gasteiger partial charge in [0.1, 0.15) is 11.6 Å². The van der Waals surface area contributed by atoms with Crippen molar-refractivity contribution in [3.05, 3.63) is 46.8 Å². The fourth-order valence-corrected chi connectivity index (χ4v) is 3.31. The maximum Gasteiger partial charge on any atom is 0.172 e. The molecule has 5 N–H and O–H groups in total. The molecule has 2 aromatic carbocycles. The molecule has 1 aliphatic heterocycles. The quantitative estimate of drug-likeness (QED) is 0.261. The molecule has 0 aromatic heterocycles. The van der Waals surface area contributed by atoms with Crippen LogP contribution < -0.4 is 16.2 Å². The molecule has 0 amide bonds. The number of ether oxygens (including phenoxy) is 1. The Morgan fingerprint density at radius 1 is 1.28 bits per heavy atom. The van der Waals surface area contributed by atoms with Gasteiger partial charge in [0.15, 0.2) is 5.84 Å². The number of likely N-dealkylation sites (N-methyl/N-ethyl adjacent to an activating group) is 1. The van der Waals surface area contributed by atoms with Crippen LogP contribution in [-0.4, -0.2) is 36.6 Å². The molecule has 0 radical (unpaired) electrons. The largest absolute Gasteiger partial charge is 0.496 e. The van der Waals surface area contributed by atoms with Crippen molar-refractivity contribution < 1.29 is 14.3 Å². The van der Waals surface area contributed by atoms with E-state index in [1.54, 1.807) is 19.2 Å². The highest BCUT2D eigenvalue weighted by molar-refractivity contribution is 6.04. The van der Waals surface area contributed by atoms with Gasteiger partial charge in [-0.3, -0.25) is 0 Å². The molecule has 0 aliphatic carbocycles. The third-order valence-corrected chi connectivity index (χ3v) is 4.60. The summed E-state index contributed by atoms with van der Waals surface area (Å²) in [6, 6.07) is 6.11. The van der Waals surface area contributed by atoms with E-state index >= 15 is 0 Å². The van der Waals surface area contributed by atoms with Gasteiger partial charge < -0.3 is 26.3 Å². The third kappa shape index (κ3) is 2.98. The van der Waals surface area contributed by atoms with Gasteiger partial charge in [0, 0.05) is 29.9 Å². The highest BCUT2D eigenvalue weighted by Crippen LogP contribution is 2.39. The van der Waals surface area contributed by atoms with Gasteiger partial charge >= 0.3 is 0 Å².